The number of phenols is 1. The van der Waals surface area contributed by atoms with Gasteiger partial charge in [-0.2, -0.15) is 0 Å². The molecule has 1 spiro atoms. The van der Waals surface area contributed by atoms with Crippen LogP contribution in [0, 0.1) is 11.8 Å². The summed E-state index contributed by atoms with van der Waals surface area (Å²) in [6.45, 7) is 3.37. The number of hydrogen-bond donors (Lipinski definition) is 1. The van der Waals surface area contributed by atoms with E-state index in [0.717, 1.165) is 25.1 Å². The van der Waals surface area contributed by atoms with E-state index in [1.54, 1.807) is 0 Å². The zero-order chi connectivity index (χ0) is 14.4. The van der Waals surface area contributed by atoms with Crippen molar-refractivity contribution < 1.29 is 9.84 Å². The van der Waals surface area contributed by atoms with E-state index in [1.165, 1.54) is 11.1 Å². The molecule has 0 radical (unpaired) electrons. The molecule has 5 atom stereocenters. The lowest BCUT2D eigenvalue weighted by Crippen LogP contribution is -2.63. The second kappa shape index (κ2) is 3.64. The Labute approximate surface area is 125 Å². The number of ether oxygens (including phenoxy) is 1. The number of likely N-dealkylation sites (tertiary alicyclic amines) is 1. The number of likely N-dealkylation sites (N-methyl/N-ethyl adjacent to an activating group) is 1. The topological polar surface area (TPSA) is 32.7 Å². The Kier molecular flexibility index (Phi) is 2.10. The van der Waals surface area contributed by atoms with Gasteiger partial charge in [-0.15, -0.1) is 0 Å². The summed E-state index contributed by atoms with van der Waals surface area (Å²) in [5.41, 5.74) is 2.81. The molecule has 1 fully saturated rings. The molecule has 21 heavy (non-hydrogen) atoms. The summed E-state index contributed by atoms with van der Waals surface area (Å²) in [5, 5.41) is 10.3. The van der Waals surface area contributed by atoms with Crippen LogP contribution >= 0.6 is 0 Å². The lowest BCUT2D eigenvalue weighted by Gasteiger charge is -2.56. The molecule has 110 valence electrons. The van der Waals surface area contributed by atoms with Gasteiger partial charge in [0.15, 0.2) is 11.5 Å². The summed E-state index contributed by atoms with van der Waals surface area (Å²) >= 11 is 0. The van der Waals surface area contributed by atoms with E-state index in [4.69, 9.17) is 4.74 Å². The number of phenolic OH excluding ortho intramolecular Hbond substituents is 1. The van der Waals surface area contributed by atoms with Crippen molar-refractivity contribution in [2.45, 2.75) is 37.3 Å². The lowest BCUT2D eigenvalue weighted by molar-refractivity contribution is -0.0143. The van der Waals surface area contributed by atoms with Gasteiger partial charge in [0.2, 0.25) is 0 Å². The predicted octanol–water partition coefficient (Wildman–Crippen LogP) is 2.47. The number of piperidine rings is 1. The summed E-state index contributed by atoms with van der Waals surface area (Å²) in [6, 6.07) is 4.50. The van der Waals surface area contributed by atoms with Crippen molar-refractivity contribution in [2.75, 3.05) is 13.6 Å². The molecule has 2 bridgehead atoms. The summed E-state index contributed by atoms with van der Waals surface area (Å²) < 4.78 is 6.34. The van der Waals surface area contributed by atoms with Gasteiger partial charge in [-0.1, -0.05) is 25.1 Å². The lowest BCUT2D eigenvalue weighted by atomic mass is 9.52. The highest BCUT2D eigenvalue weighted by Crippen LogP contribution is 2.63. The van der Waals surface area contributed by atoms with Crippen LogP contribution in [0.3, 0.4) is 0 Å². The molecule has 0 amide bonds. The predicted molar refractivity (Wildman–Crippen MR) is 80.7 cm³/mol. The van der Waals surface area contributed by atoms with Gasteiger partial charge >= 0.3 is 0 Å². The van der Waals surface area contributed by atoms with E-state index < -0.39 is 0 Å². The van der Waals surface area contributed by atoms with Gasteiger partial charge in [0.05, 0.1) is 0 Å². The molecule has 5 rings (SSSR count). The summed E-state index contributed by atoms with van der Waals surface area (Å²) in [5.74, 6) is 2.03. The van der Waals surface area contributed by atoms with Crippen LogP contribution in [0.5, 0.6) is 11.5 Å². The Morgan fingerprint density at radius 2 is 2.19 bits per heavy atom. The molecule has 3 heteroatoms. The maximum atomic E-state index is 10.3. The van der Waals surface area contributed by atoms with Gasteiger partial charge in [-0.25, -0.2) is 0 Å². The van der Waals surface area contributed by atoms with Crippen LogP contribution in [0.15, 0.2) is 24.3 Å². The van der Waals surface area contributed by atoms with Gasteiger partial charge in [-0.3, -0.25) is 0 Å². The standard InChI is InChI=1S/C18H21NO2/c1-10-3-5-12-13-9-11-4-6-14(20)16-15(11)18(12,17(10)21-16)7-8-19(13)2/h3-6,10,12-13,17,20H,7-9H2,1-2H3/t10?,12-,13+,17?,18-/m0/s1. The van der Waals surface area contributed by atoms with Crippen LogP contribution in [0.2, 0.25) is 0 Å². The Hall–Kier alpha value is -1.48. The summed E-state index contributed by atoms with van der Waals surface area (Å²) in [7, 11) is 2.25. The average molecular weight is 283 g/mol. The monoisotopic (exact) mass is 283 g/mol. The number of nitrogens with zero attached hydrogens (tertiary/aromatic N) is 1. The fraction of sp³-hybridized carbons (Fsp3) is 0.556. The molecule has 0 saturated carbocycles. The fourth-order valence-corrected chi connectivity index (χ4v) is 5.50. The van der Waals surface area contributed by atoms with Crippen LogP contribution in [0.4, 0.5) is 0 Å². The molecule has 1 aromatic carbocycles. The van der Waals surface area contributed by atoms with Gasteiger partial charge in [0, 0.05) is 28.9 Å². The third-order valence-corrected chi connectivity index (χ3v) is 6.42. The van der Waals surface area contributed by atoms with Crippen LogP contribution < -0.4 is 4.74 Å². The maximum Gasteiger partial charge on any atom is 0.165 e. The molecule has 3 nitrogen and oxygen atoms in total. The van der Waals surface area contributed by atoms with Crippen molar-refractivity contribution in [2.24, 2.45) is 11.8 Å². The molecule has 2 unspecified atom stereocenters. The SMILES string of the molecule is CC1C=C[C@H]2[C@H]3Cc4ccc(O)c5c4[C@@]2(CCN3C)C1O5. The molecule has 2 aliphatic carbocycles. The summed E-state index contributed by atoms with van der Waals surface area (Å²) in [4.78, 5) is 2.51. The van der Waals surface area contributed by atoms with E-state index in [9.17, 15) is 5.11 Å². The van der Waals surface area contributed by atoms with Gasteiger partial charge < -0.3 is 14.7 Å². The number of rotatable bonds is 0. The highest BCUT2D eigenvalue weighted by molar-refractivity contribution is 5.61. The van der Waals surface area contributed by atoms with Crippen LogP contribution in [-0.2, 0) is 11.8 Å². The minimum Gasteiger partial charge on any atom is -0.504 e. The zero-order valence-corrected chi connectivity index (χ0v) is 12.5. The maximum absolute atomic E-state index is 10.3. The Balaban J connectivity index is 1.84. The molecule has 1 saturated heterocycles. The van der Waals surface area contributed by atoms with E-state index in [2.05, 4.69) is 37.1 Å². The third kappa shape index (κ3) is 1.21. The van der Waals surface area contributed by atoms with Crippen LogP contribution in [0.25, 0.3) is 0 Å². The van der Waals surface area contributed by atoms with Gasteiger partial charge in [-0.05, 0) is 38.1 Å². The number of aromatic hydroxyl groups is 1. The second-order valence-electron chi connectivity index (χ2n) is 7.30. The van der Waals surface area contributed by atoms with Crippen molar-refractivity contribution in [1.82, 2.24) is 4.90 Å². The smallest absolute Gasteiger partial charge is 0.165 e. The van der Waals surface area contributed by atoms with Crippen LogP contribution in [0.1, 0.15) is 24.5 Å². The quantitative estimate of drug-likeness (QED) is 0.743. The molecular formula is C18H21NO2. The normalized spacial score (nSPS) is 42.6. The Morgan fingerprint density at radius 3 is 3.05 bits per heavy atom. The highest BCUT2D eigenvalue weighted by atomic mass is 16.5. The first-order valence-corrected chi connectivity index (χ1v) is 8.03. The molecule has 1 aromatic rings. The van der Waals surface area contributed by atoms with Crippen molar-refractivity contribution in [1.29, 1.82) is 0 Å². The Morgan fingerprint density at radius 1 is 1.33 bits per heavy atom. The first kappa shape index (κ1) is 12.1. The summed E-state index contributed by atoms with van der Waals surface area (Å²) in [6.07, 6.45) is 7.15. The largest absolute Gasteiger partial charge is 0.504 e. The zero-order valence-electron chi connectivity index (χ0n) is 12.5. The van der Waals surface area contributed by atoms with E-state index in [1.807, 2.05) is 6.07 Å². The fourth-order valence-electron chi connectivity index (χ4n) is 5.50. The minimum absolute atomic E-state index is 0.0903. The van der Waals surface area contributed by atoms with E-state index >= 15 is 0 Å². The molecule has 2 aliphatic heterocycles. The Bertz CT molecular complexity index is 667. The first-order chi connectivity index (χ1) is 10.1. The molecule has 2 heterocycles. The van der Waals surface area contributed by atoms with Crippen molar-refractivity contribution in [3.63, 3.8) is 0 Å². The van der Waals surface area contributed by atoms with E-state index in [-0.39, 0.29) is 11.5 Å². The van der Waals surface area contributed by atoms with E-state index in [0.29, 0.717) is 23.6 Å². The van der Waals surface area contributed by atoms with Gasteiger partial charge in [0.25, 0.3) is 0 Å². The first-order valence-electron chi connectivity index (χ1n) is 8.03. The molecule has 0 aromatic heterocycles. The van der Waals surface area contributed by atoms with Crippen LogP contribution in [-0.4, -0.2) is 35.7 Å². The average Bonchev–Trinajstić information content (AvgIpc) is 2.83. The molecule has 1 N–H and O–H groups in total. The highest BCUT2D eigenvalue weighted by Gasteiger charge is 2.63. The molecular weight excluding hydrogens is 262 g/mol. The molecule has 4 aliphatic rings. The number of hydrogen-bond acceptors (Lipinski definition) is 3. The van der Waals surface area contributed by atoms with Crippen molar-refractivity contribution >= 4 is 0 Å². The second-order valence-corrected chi connectivity index (χ2v) is 7.30. The van der Waals surface area contributed by atoms with Crippen molar-refractivity contribution in [3.05, 3.63) is 35.4 Å². The van der Waals surface area contributed by atoms with Gasteiger partial charge in [0.1, 0.15) is 6.10 Å². The van der Waals surface area contributed by atoms with Crippen molar-refractivity contribution in [3.8, 4) is 11.5 Å². The minimum atomic E-state index is 0.0903. The number of benzene rings is 1. The third-order valence-electron chi connectivity index (χ3n) is 6.42.